The number of carbonyl (C=O) groups is 1. The first-order valence-electron chi connectivity index (χ1n) is 6.49. The number of hydrogen-bond acceptors (Lipinski definition) is 4. The molecule has 1 aliphatic carbocycles. The average Bonchev–Trinajstić information content (AvgIpc) is 2.99. The van der Waals surface area contributed by atoms with Crippen molar-refractivity contribution >= 4 is 5.97 Å². The van der Waals surface area contributed by atoms with Crippen LogP contribution in [0.25, 0.3) is 0 Å². The second-order valence-corrected chi connectivity index (χ2v) is 5.26. The van der Waals surface area contributed by atoms with Gasteiger partial charge in [0.2, 0.25) is 0 Å². The normalized spacial score (nSPS) is 35.2. The monoisotopic (exact) mass is 242 g/mol. The standard InChI is InChI=1S/C13H22O4/c1-13-6-5-10(9-11(13)17-13)12(14)16-8-4-3-7-15-2/h10-11H,3-9H2,1-2H3. The number of ether oxygens (including phenoxy) is 3. The van der Waals surface area contributed by atoms with Crippen LogP contribution in [0.15, 0.2) is 0 Å². The molecule has 0 amide bonds. The molecule has 2 fully saturated rings. The Morgan fingerprint density at radius 1 is 1.41 bits per heavy atom. The Morgan fingerprint density at radius 3 is 2.88 bits per heavy atom. The Balaban J connectivity index is 1.60. The molecule has 4 nitrogen and oxygen atoms in total. The molecule has 1 aliphatic heterocycles. The van der Waals surface area contributed by atoms with Crippen molar-refractivity contribution in [3.63, 3.8) is 0 Å². The number of carbonyl (C=O) groups excluding carboxylic acids is 1. The molecule has 3 atom stereocenters. The maximum absolute atomic E-state index is 11.8. The van der Waals surface area contributed by atoms with E-state index in [0.29, 0.717) is 12.7 Å². The second kappa shape index (κ2) is 5.36. The summed E-state index contributed by atoms with van der Waals surface area (Å²) in [6.45, 7) is 3.38. The van der Waals surface area contributed by atoms with Crippen molar-refractivity contribution < 1.29 is 19.0 Å². The van der Waals surface area contributed by atoms with E-state index in [2.05, 4.69) is 6.92 Å². The summed E-state index contributed by atoms with van der Waals surface area (Å²) in [6.07, 6.45) is 4.85. The highest BCUT2D eigenvalue weighted by Gasteiger charge is 2.56. The zero-order chi connectivity index (χ0) is 12.3. The fraction of sp³-hybridized carbons (Fsp3) is 0.923. The maximum Gasteiger partial charge on any atom is 0.309 e. The lowest BCUT2D eigenvalue weighted by atomic mass is 9.83. The predicted octanol–water partition coefficient (Wildman–Crippen LogP) is 1.91. The molecule has 1 heterocycles. The van der Waals surface area contributed by atoms with Gasteiger partial charge in [-0.3, -0.25) is 4.79 Å². The maximum atomic E-state index is 11.8. The van der Waals surface area contributed by atoms with Gasteiger partial charge in [-0.25, -0.2) is 0 Å². The third-order valence-electron chi connectivity index (χ3n) is 3.84. The van der Waals surface area contributed by atoms with Gasteiger partial charge in [0.1, 0.15) is 0 Å². The topological polar surface area (TPSA) is 48.1 Å². The highest BCUT2D eigenvalue weighted by atomic mass is 16.6. The number of unbranched alkanes of at least 4 members (excludes halogenated alkanes) is 1. The second-order valence-electron chi connectivity index (χ2n) is 5.26. The van der Waals surface area contributed by atoms with Crippen LogP contribution in [0.1, 0.15) is 39.0 Å². The lowest BCUT2D eigenvalue weighted by Gasteiger charge is -2.20. The Morgan fingerprint density at radius 2 is 2.18 bits per heavy atom. The van der Waals surface area contributed by atoms with Gasteiger partial charge in [0.25, 0.3) is 0 Å². The fourth-order valence-electron chi connectivity index (χ4n) is 2.50. The van der Waals surface area contributed by atoms with Crippen LogP contribution in [0.2, 0.25) is 0 Å². The summed E-state index contributed by atoms with van der Waals surface area (Å²) in [6, 6.07) is 0. The molecule has 0 aromatic heterocycles. The van der Waals surface area contributed by atoms with Gasteiger partial charge in [-0.1, -0.05) is 0 Å². The Bertz CT molecular complexity index is 279. The first-order valence-corrected chi connectivity index (χ1v) is 6.49. The van der Waals surface area contributed by atoms with E-state index in [1.54, 1.807) is 7.11 Å². The summed E-state index contributed by atoms with van der Waals surface area (Å²) in [5, 5.41) is 0. The van der Waals surface area contributed by atoms with Gasteiger partial charge in [0.15, 0.2) is 0 Å². The highest BCUT2D eigenvalue weighted by molar-refractivity contribution is 5.72. The van der Waals surface area contributed by atoms with Gasteiger partial charge in [-0.05, 0) is 39.0 Å². The largest absolute Gasteiger partial charge is 0.465 e. The molecule has 0 aromatic carbocycles. The minimum atomic E-state index is -0.0417. The molecule has 0 radical (unpaired) electrons. The summed E-state index contributed by atoms with van der Waals surface area (Å²) in [4.78, 5) is 11.8. The van der Waals surface area contributed by atoms with E-state index in [-0.39, 0.29) is 17.5 Å². The van der Waals surface area contributed by atoms with Crippen LogP contribution in [0.5, 0.6) is 0 Å². The molecule has 0 bridgehead atoms. The van der Waals surface area contributed by atoms with Gasteiger partial charge in [-0.2, -0.15) is 0 Å². The molecular weight excluding hydrogens is 220 g/mol. The minimum absolute atomic E-state index is 0.0417. The molecule has 17 heavy (non-hydrogen) atoms. The van der Waals surface area contributed by atoms with Crippen molar-refractivity contribution in [2.75, 3.05) is 20.3 Å². The molecule has 98 valence electrons. The van der Waals surface area contributed by atoms with Gasteiger partial charge in [0.05, 0.1) is 24.2 Å². The third-order valence-corrected chi connectivity index (χ3v) is 3.84. The lowest BCUT2D eigenvalue weighted by molar-refractivity contribution is -0.149. The van der Waals surface area contributed by atoms with E-state index in [4.69, 9.17) is 14.2 Å². The minimum Gasteiger partial charge on any atom is -0.465 e. The number of hydrogen-bond donors (Lipinski definition) is 0. The molecule has 3 unspecified atom stereocenters. The predicted molar refractivity (Wildman–Crippen MR) is 62.7 cm³/mol. The van der Waals surface area contributed by atoms with Crippen molar-refractivity contribution in [3.05, 3.63) is 0 Å². The Labute approximate surface area is 103 Å². The van der Waals surface area contributed by atoms with Crippen molar-refractivity contribution in [2.24, 2.45) is 5.92 Å². The zero-order valence-electron chi connectivity index (χ0n) is 10.7. The van der Waals surface area contributed by atoms with E-state index in [1.807, 2.05) is 0 Å². The fourth-order valence-corrected chi connectivity index (χ4v) is 2.50. The van der Waals surface area contributed by atoms with Crippen molar-refractivity contribution in [1.29, 1.82) is 0 Å². The SMILES string of the molecule is COCCCCOC(=O)C1CCC2(C)OC2C1. The first-order chi connectivity index (χ1) is 8.15. The average molecular weight is 242 g/mol. The van der Waals surface area contributed by atoms with E-state index in [9.17, 15) is 4.79 Å². The zero-order valence-corrected chi connectivity index (χ0v) is 10.7. The molecule has 0 spiro atoms. The van der Waals surface area contributed by atoms with Crippen LogP contribution in [0, 0.1) is 5.92 Å². The Hall–Kier alpha value is -0.610. The summed E-state index contributed by atoms with van der Waals surface area (Å²) in [5.41, 5.74) is 0.0786. The van der Waals surface area contributed by atoms with Crippen LogP contribution < -0.4 is 0 Å². The smallest absolute Gasteiger partial charge is 0.309 e. The molecule has 4 heteroatoms. The number of methoxy groups -OCH3 is 1. The van der Waals surface area contributed by atoms with Crippen molar-refractivity contribution in [1.82, 2.24) is 0 Å². The quantitative estimate of drug-likeness (QED) is 0.405. The molecule has 2 aliphatic rings. The molecule has 0 aromatic rings. The van der Waals surface area contributed by atoms with Gasteiger partial charge < -0.3 is 14.2 Å². The van der Waals surface area contributed by atoms with Crippen LogP contribution in [-0.4, -0.2) is 38.0 Å². The highest BCUT2D eigenvalue weighted by Crippen LogP contribution is 2.49. The van der Waals surface area contributed by atoms with E-state index >= 15 is 0 Å². The number of esters is 1. The number of rotatable bonds is 6. The van der Waals surface area contributed by atoms with Crippen LogP contribution in [-0.2, 0) is 19.0 Å². The molecule has 1 saturated carbocycles. The number of epoxide rings is 1. The van der Waals surface area contributed by atoms with Crippen molar-refractivity contribution in [2.45, 2.75) is 50.7 Å². The van der Waals surface area contributed by atoms with Crippen LogP contribution in [0.4, 0.5) is 0 Å². The Kier molecular flexibility index (Phi) is 4.05. The third kappa shape index (κ3) is 3.19. The summed E-state index contributed by atoms with van der Waals surface area (Å²) < 4.78 is 15.8. The van der Waals surface area contributed by atoms with E-state index < -0.39 is 0 Å². The van der Waals surface area contributed by atoms with Crippen LogP contribution >= 0.6 is 0 Å². The first kappa shape index (κ1) is 12.8. The molecular formula is C13H22O4. The van der Waals surface area contributed by atoms with E-state index in [1.165, 1.54) is 0 Å². The molecule has 1 saturated heterocycles. The van der Waals surface area contributed by atoms with Gasteiger partial charge in [-0.15, -0.1) is 0 Å². The van der Waals surface area contributed by atoms with Crippen molar-refractivity contribution in [3.8, 4) is 0 Å². The summed E-state index contributed by atoms with van der Waals surface area (Å²) in [5.74, 6) is 0.0120. The summed E-state index contributed by atoms with van der Waals surface area (Å²) >= 11 is 0. The molecule has 0 N–H and O–H groups in total. The molecule has 2 rings (SSSR count). The van der Waals surface area contributed by atoms with Gasteiger partial charge >= 0.3 is 5.97 Å². The number of fused-ring (bicyclic) bond motifs is 1. The van der Waals surface area contributed by atoms with Crippen LogP contribution in [0.3, 0.4) is 0 Å². The lowest BCUT2D eigenvalue weighted by Crippen LogP contribution is -2.28. The van der Waals surface area contributed by atoms with Gasteiger partial charge in [0, 0.05) is 13.7 Å². The summed E-state index contributed by atoms with van der Waals surface area (Å²) in [7, 11) is 1.68. The van der Waals surface area contributed by atoms with E-state index in [0.717, 1.165) is 38.7 Å².